The summed E-state index contributed by atoms with van der Waals surface area (Å²) in [6, 6.07) is 9.61. The van der Waals surface area contributed by atoms with Gasteiger partial charge >= 0.3 is 0 Å². The number of carbonyl (C=O) groups is 1. The van der Waals surface area contributed by atoms with Crippen LogP contribution in [0.5, 0.6) is 0 Å². The highest BCUT2D eigenvalue weighted by molar-refractivity contribution is 6.05. The number of carbonyl (C=O) groups excluding carboxylic acids is 1. The lowest BCUT2D eigenvalue weighted by Gasteiger charge is -2.34. The first kappa shape index (κ1) is 16.5. The molecule has 26 heavy (non-hydrogen) atoms. The second-order valence-electron chi connectivity index (χ2n) is 6.60. The summed E-state index contributed by atoms with van der Waals surface area (Å²) in [6.45, 7) is 6.14. The second kappa shape index (κ2) is 6.42. The Balaban J connectivity index is 1.96. The number of hydrogen-bond acceptors (Lipinski definition) is 5. The van der Waals surface area contributed by atoms with Gasteiger partial charge in [0.2, 0.25) is 5.91 Å². The highest BCUT2D eigenvalue weighted by Crippen LogP contribution is 2.35. The van der Waals surface area contributed by atoms with Crippen LogP contribution in [-0.2, 0) is 4.74 Å². The first-order chi connectivity index (χ1) is 12.6. The molecule has 3 heterocycles. The number of nitrogens with one attached hydrogen (secondary N) is 1. The van der Waals surface area contributed by atoms with Crippen LogP contribution < -0.4 is 10.6 Å². The average molecular weight is 351 g/mol. The zero-order valence-corrected chi connectivity index (χ0v) is 14.8. The third kappa shape index (κ3) is 2.70. The number of morpholine rings is 1. The van der Waals surface area contributed by atoms with Gasteiger partial charge in [0.15, 0.2) is 5.65 Å². The van der Waals surface area contributed by atoms with E-state index in [1.54, 1.807) is 6.07 Å². The number of hydrogen-bond donors (Lipinski definition) is 2. The summed E-state index contributed by atoms with van der Waals surface area (Å²) in [5.41, 5.74) is 9.33. The molecular weight excluding hydrogens is 330 g/mol. The molecule has 134 valence electrons. The number of benzene rings is 1. The van der Waals surface area contributed by atoms with Crippen LogP contribution >= 0.6 is 0 Å². The topological polar surface area (TPSA) is 97.1 Å². The van der Waals surface area contributed by atoms with Gasteiger partial charge in [-0.3, -0.25) is 9.89 Å². The largest absolute Gasteiger partial charge is 0.377 e. The fourth-order valence-corrected chi connectivity index (χ4v) is 3.52. The van der Waals surface area contributed by atoms with E-state index in [4.69, 9.17) is 15.5 Å². The Morgan fingerprint density at radius 1 is 1.35 bits per heavy atom. The maximum Gasteiger partial charge on any atom is 0.249 e. The maximum absolute atomic E-state index is 11.9. The highest BCUT2D eigenvalue weighted by Gasteiger charge is 2.24. The van der Waals surface area contributed by atoms with Crippen molar-refractivity contribution in [3.8, 4) is 11.1 Å². The predicted octanol–water partition coefficient (Wildman–Crippen LogP) is 2.26. The smallest absolute Gasteiger partial charge is 0.249 e. The normalized spacial score (nSPS) is 17.6. The molecule has 7 nitrogen and oxygen atoms in total. The Hall–Kier alpha value is -2.93. The number of aromatic amines is 1. The van der Waals surface area contributed by atoms with E-state index in [9.17, 15) is 4.79 Å². The van der Waals surface area contributed by atoms with E-state index in [1.165, 1.54) is 0 Å². The number of H-pyrrole nitrogens is 1. The van der Waals surface area contributed by atoms with Gasteiger partial charge < -0.3 is 15.4 Å². The van der Waals surface area contributed by atoms with Gasteiger partial charge in [0.25, 0.3) is 0 Å². The molecule has 3 aromatic rings. The van der Waals surface area contributed by atoms with Crippen molar-refractivity contribution in [2.24, 2.45) is 5.73 Å². The van der Waals surface area contributed by atoms with E-state index >= 15 is 0 Å². The Morgan fingerprint density at radius 3 is 2.92 bits per heavy atom. The number of fused-ring (bicyclic) bond motifs is 1. The van der Waals surface area contributed by atoms with Gasteiger partial charge in [0.1, 0.15) is 5.82 Å². The molecule has 3 N–H and O–H groups in total. The second-order valence-corrected chi connectivity index (χ2v) is 6.60. The fraction of sp³-hybridized carbons (Fsp3) is 0.316. The lowest BCUT2D eigenvalue weighted by molar-refractivity contribution is 0.0985. The van der Waals surface area contributed by atoms with Crippen LogP contribution in [0, 0.1) is 6.92 Å². The number of pyridine rings is 1. The summed E-state index contributed by atoms with van der Waals surface area (Å²) in [4.78, 5) is 18.9. The molecule has 1 unspecified atom stereocenters. The summed E-state index contributed by atoms with van der Waals surface area (Å²) >= 11 is 0. The van der Waals surface area contributed by atoms with Gasteiger partial charge in [-0.15, -0.1) is 0 Å². The lowest BCUT2D eigenvalue weighted by Crippen LogP contribution is -2.44. The number of aryl methyl sites for hydroxylation is 1. The number of primary amides is 1. The van der Waals surface area contributed by atoms with Gasteiger partial charge in [0.05, 0.1) is 19.3 Å². The molecule has 4 rings (SSSR count). The highest BCUT2D eigenvalue weighted by atomic mass is 16.5. The van der Waals surface area contributed by atoms with Crippen LogP contribution in [0.3, 0.4) is 0 Å². The van der Waals surface area contributed by atoms with Crippen LogP contribution in [0.1, 0.15) is 23.0 Å². The van der Waals surface area contributed by atoms with Crippen molar-refractivity contribution in [1.82, 2.24) is 15.2 Å². The zero-order valence-electron chi connectivity index (χ0n) is 14.8. The van der Waals surface area contributed by atoms with Crippen LogP contribution in [0.4, 0.5) is 5.82 Å². The molecule has 0 radical (unpaired) electrons. The van der Waals surface area contributed by atoms with Crippen molar-refractivity contribution >= 4 is 22.8 Å². The van der Waals surface area contributed by atoms with E-state index < -0.39 is 5.91 Å². The summed E-state index contributed by atoms with van der Waals surface area (Å²) in [6.07, 6.45) is 0. The Labute approximate surface area is 151 Å². The Bertz CT molecular complexity index is 981. The van der Waals surface area contributed by atoms with Gasteiger partial charge in [-0.1, -0.05) is 18.2 Å². The number of anilines is 1. The molecule has 1 aromatic carbocycles. The molecule has 7 heteroatoms. The fourth-order valence-electron chi connectivity index (χ4n) is 3.52. The quantitative estimate of drug-likeness (QED) is 0.754. The molecule has 0 spiro atoms. The number of aromatic nitrogens is 3. The number of rotatable bonds is 3. The third-order valence-corrected chi connectivity index (χ3v) is 4.84. The molecule has 1 saturated heterocycles. The van der Waals surface area contributed by atoms with E-state index in [-0.39, 0.29) is 6.04 Å². The monoisotopic (exact) mass is 351 g/mol. The van der Waals surface area contributed by atoms with Gasteiger partial charge in [-0.05, 0) is 37.1 Å². The minimum Gasteiger partial charge on any atom is -0.377 e. The van der Waals surface area contributed by atoms with E-state index in [0.717, 1.165) is 34.6 Å². The Morgan fingerprint density at radius 2 is 2.15 bits per heavy atom. The molecule has 1 aliphatic rings. The standard InChI is InChI=1S/C19H21N5O2/c1-11-10-26-8-7-24(11)16-9-15(17-12(2)22-23-19(17)21-16)13-5-3-4-6-14(13)18(20)25/h3-6,9,11H,7-8,10H2,1-2H3,(H2,20,25)(H,21,22,23). The van der Waals surface area contributed by atoms with Gasteiger partial charge in [-0.25, -0.2) is 4.98 Å². The van der Waals surface area contributed by atoms with Crippen molar-refractivity contribution in [3.63, 3.8) is 0 Å². The van der Waals surface area contributed by atoms with Gasteiger partial charge in [0, 0.05) is 23.2 Å². The number of nitrogens with two attached hydrogens (primary N) is 1. The van der Waals surface area contributed by atoms with Gasteiger partial charge in [-0.2, -0.15) is 5.10 Å². The van der Waals surface area contributed by atoms with E-state index in [1.807, 2.05) is 31.2 Å². The van der Waals surface area contributed by atoms with Crippen molar-refractivity contribution < 1.29 is 9.53 Å². The van der Waals surface area contributed by atoms with Crippen molar-refractivity contribution in [2.75, 3.05) is 24.7 Å². The predicted molar refractivity (Wildman–Crippen MR) is 100 cm³/mol. The molecule has 1 atom stereocenters. The average Bonchev–Trinajstić information content (AvgIpc) is 3.02. The summed E-state index contributed by atoms with van der Waals surface area (Å²) in [7, 11) is 0. The van der Waals surface area contributed by atoms with Crippen molar-refractivity contribution in [3.05, 3.63) is 41.6 Å². The van der Waals surface area contributed by atoms with Crippen LogP contribution in [0.15, 0.2) is 30.3 Å². The number of nitrogens with zero attached hydrogens (tertiary/aromatic N) is 3. The molecule has 1 amide bonds. The first-order valence-electron chi connectivity index (χ1n) is 8.65. The van der Waals surface area contributed by atoms with Crippen LogP contribution in [0.2, 0.25) is 0 Å². The first-order valence-corrected chi connectivity index (χ1v) is 8.65. The summed E-state index contributed by atoms with van der Waals surface area (Å²) < 4.78 is 5.54. The van der Waals surface area contributed by atoms with Crippen LogP contribution in [-0.4, -0.2) is 46.9 Å². The molecular formula is C19H21N5O2. The van der Waals surface area contributed by atoms with E-state index in [0.29, 0.717) is 24.4 Å². The van der Waals surface area contributed by atoms with Crippen molar-refractivity contribution in [2.45, 2.75) is 19.9 Å². The molecule has 0 bridgehead atoms. The minimum absolute atomic E-state index is 0.216. The molecule has 0 aliphatic carbocycles. The third-order valence-electron chi connectivity index (χ3n) is 4.84. The van der Waals surface area contributed by atoms with E-state index in [2.05, 4.69) is 22.0 Å². The van der Waals surface area contributed by atoms with Crippen molar-refractivity contribution in [1.29, 1.82) is 0 Å². The van der Waals surface area contributed by atoms with Crippen LogP contribution in [0.25, 0.3) is 22.2 Å². The molecule has 1 aliphatic heterocycles. The SMILES string of the molecule is Cc1[nH]nc2nc(N3CCOCC3C)cc(-c3ccccc3C(N)=O)c12. The Kier molecular flexibility index (Phi) is 4.08. The molecule has 0 saturated carbocycles. The summed E-state index contributed by atoms with van der Waals surface area (Å²) in [5.74, 6) is 0.377. The minimum atomic E-state index is -0.451. The summed E-state index contributed by atoms with van der Waals surface area (Å²) in [5, 5.41) is 8.26. The maximum atomic E-state index is 11.9. The zero-order chi connectivity index (χ0) is 18.3. The lowest BCUT2D eigenvalue weighted by atomic mass is 9.96. The number of amides is 1. The molecule has 2 aromatic heterocycles. The number of ether oxygens (including phenoxy) is 1. The molecule has 1 fully saturated rings.